The number of nitrogens with two attached hydrogens (primary N) is 1. The van der Waals surface area contributed by atoms with Gasteiger partial charge in [0.05, 0.1) is 29.4 Å². The Kier molecular flexibility index (Phi) is 6.29. The molecule has 5 aromatic rings. The molecule has 1 heterocycles. The average Bonchev–Trinajstić information content (AvgIpc) is 2.88. The maximum atomic E-state index is 14.2. The van der Waals surface area contributed by atoms with E-state index in [4.69, 9.17) is 10.5 Å². The molecule has 4 aromatic carbocycles. The van der Waals surface area contributed by atoms with Gasteiger partial charge in [-0.25, -0.2) is 26.7 Å². The lowest BCUT2D eigenvalue weighted by atomic mass is 10.0. The molecule has 0 aliphatic rings. The molecule has 8 nitrogen and oxygen atoms in total. The summed E-state index contributed by atoms with van der Waals surface area (Å²) in [6.07, 6.45) is 0. The van der Waals surface area contributed by atoms with Gasteiger partial charge in [-0.3, -0.25) is 9.52 Å². The van der Waals surface area contributed by atoms with Crippen LogP contribution in [0.15, 0.2) is 94.6 Å². The minimum absolute atomic E-state index is 0.0194. The second-order valence-corrected chi connectivity index (χ2v) is 9.92. The summed E-state index contributed by atoms with van der Waals surface area (Å²) in [5.41, 5.74) is 7.78. The molecule has 0 aliphatic heterocycles. The molecule has 0 saturated heterocycles. The van der Waals surface area contributed by atoms with Crippen molar-refractivity contribution >= 4 is 32.6 Å². The van der Waals surface area contributed by atoms with E-state index in [2.05, 4.69) is 9.71 Å². The van der Waals surface area contributed by atoms with Gasteiger partial charge in [0.1, 0.15) is 22.3 Å². The first-order valence-electron chi connectivity index (χ1n) is 11.2. The zero-order valence-electron chi connectivity index (χ0n) is 19.9. The number of para-hydroxylation sites is 1. The van der Waals surface area contributed by atoms with Crippen LogP contribution in [0.4, 0.5) is 20.4 Å². The summed E-state index contributed by atoms with van der Waals surface area (Å²) < 4.78 is 62.1. The van der Waals surface area contributed by atoms with Crippen molar-refractivity contribution in [3.05, 3.63) is 107 Å². The number of fused-ring (bicyclic) bond motifs is 1. The first-order chi connectivity index (χ1) is 18.2. The maximum Gasteiger partial charge on any atom is 0.267 e. The standard InChI is InChI=1S/C27H20F2N4O4S/c1-37-24-11-8-17(14-23(24)32-38(35,36)25-12-9-18(28)15-21(25)29)16-7-10-22-20(13-16)26(34)33(27(30)31-22)19-5-3-2-4-6-19/h2-15,32H,1H3,(H2,30,31). The van der Waals surface area contributed by atoms with E-state index in [0.717, 1.165) is 12.1 Å². The van der Waals surface area contributed by atoms with E-state index in [1.807, 2.05) is 6.07 Å². The largest absolute Gasteiger partial charge is 0.495 e. The molecule has 0 saturated carbocycles. The van der Waals surface area contributed by atoms with Crippen molar-refractivity contribution in [3.8, 4) is 22.6 Å². The number of hydrogen-bond donors (Lipinski definition) is 2. The summed E-state index contributed by atoms with van der Waals surface area (Å²) in [5, 5.41) is 0.298. The fraction of sp³-hybridized carbons (Fsp3) is 0.0370. The molecule has 3 N–H and O–H groups in total. The predicted octanol–water partition coefficient (Wildman–Crippen LogP) is 4.72. The van der Waals surface area contributed by atoms with Crippen molar-refractivity contribution in [1.82, 2.24) is 9.55 Å². The smallest absolute Gasteiger partial charge is 0.267 e. The number of hydrogen-bond acceptors (Lipinski definition) is 6. The minimum atomic E-state index is -4.42. The number of rotatable bonds is 6. The molecule has 0 unspecified atom stereocenters. The maximum absolute atomic E-state index is 14.2. The van der Waals surface area contributed by atoms with Gasteiger partial charge in [-0.1, -0.05) is 30.3 Å². The fourth-order valence-corrected chi connectivity index (χ4v) is 5.19. The van der Waals surface area contributed by atoms with E-state index in [0.29, 0.717) is 33.8 Å². The normalized spacial score (nSPS) is 11.4. The molecule has 192 valence electrons. The molecular formula is C27H20F2N4O4S. The number of methoxy groups -OCH3 is 1. The number of nitrogen functional groups attached to an aromatic ring is 1. The number of benzene rings is 4. The lowest BCUT2D eigenvalue weighted by Gasteiger charge is -2.15. The third kappa shape index (κ3) is 4.55. The number of nitrogens with one attached hydrogen (secondary N) is 1. The zero-order chi connectivity index (χ0) is 27.0. The summed E-state index contributed by atoms with van der Waals surface area (Å²) in [5.74, 6) is -1.93. The van der Waals surface area contributed by atoms with Gasteiger partial charge in [0.25, 0.3) is 15.6 Å². The Hall–Kier alpha value is -4.77. The Morgan fingerprint density at radius 1 is 0.921 bits per heavy atom. The van der Waals surface area contributed by atoms with Crippen molar-refractivity contribution in [2.24, 2.45) is 0 Å². The lowest BCUT2D eigenvalue weighted by molar-refractivity contribution is 0.417. The summed E-state index contributed by atoms with van der Waals surface area (Å²) >= 11 is 0. The van der Waals surface area contributed by atoms with Crippen molar-refractivity contribution in [2.75, 3.05) is 17.6 Å². The van der Waals surface area contributed by atoms with Crippen LogP contribution >= 0.6 is 0 Å². The second-order valence-electron chi connectivity index (χ2n) is 8.27. The highest BCUT2D eigenvalue weighted by Crippen LogP contribution is 2.33. The average molecular weight is 535 g/mol. The van der Waals surface area contributed by atoms with Gasteiger partial charge in [-0.2, -0.15) is 0 Å². The molecule has 0 amide bonds. The summed E-state index contributed by atoms with van der Waals surface area (Å²) in [6, 6.07) is 20.7. The first-order valence-corrected chi connectivity index (χ1v) is 12.7. The Bertz CT molecular complexity index is 1860. The third-order valence-corrected chi connectivity index (χ3v) is 7.27. The van der Waals surface area contributed by atoms with Gasteiger partial charge < -0.3 is 10.5 Å². The zero-order valence-corrected chi connectivity index (χ0v) is 20.7. The Morgan fingerprint density at radius 3 is 2.34 bits per heavy atom. The van der Waals surface area contributed by atoms with Crippen molar-refractivity contribution in [3.63, 3.8) is 0 Å². The van der Waals surface area contributed by atoms with Gasteiger partial charge >= 0.3 is 0 Å². The number of halogens is 2. The molecule has 5 rings (SSSR count). The monoisotopic (exact) mass is 534 g/mol. The van der Waals surface area contributed by atoms with E-state index in [1.165, 1.54) is 23.8 Å². The van der Waals surface area contributed by atoms with Crippen LogP contribution in [0.25, 0.3) is 27.7 Å². The van der Waals surface area contributed by atoms with E-state index in [-0.39, 0.29) is 22.9 Å². The summed E-state index contributed by atoms with van der Waals surface area (Å²) in [7, 11) is -3.07. The van der Waals surface area contributed by atoms with Gasteiger partial charge in [-0.05, 0) is 59.7 Å². The molecule has 38 heavy (non-hydrogen) atoms. The molecule has 0 aliphatic carbocycles. The molecule has 11 heteroatoms. The van der Waals surface area contributed by atoms with Crippen LogP contribution in [-0.2, 0) is 10.0 Å². The Labute approximate surface area is 216 Å². The van der Waals surface area contributed by atoms with Gasteiger partial charge in [-0.15, -0.1) is 0 Å². The van der Waals surface area contributed by atoms with Crippen LogP contribution in [0.5, 0.6) is 5.75 Å². The SMILES string of the molecule is COc1ccc(-c2ccc3nc(N)n(-c4ccccc4)c(=O)c3c2)cc1NS(=O)(=O)c1ccc(F)cc1F. The first kappa shape index (κ1) is 24.9. The highest BCUT2D eigenvalue weighted by molar-refractivity contribution is 7.92. The molecule has 0 bridgehead atoms. The number of ether oxygens (including phenoxy) is 1. The van der Waals surface area contributed by atoms with Crippen LogP contribution in [0.1, 0.15) is 0 Å². The minimum Gasteiger partial charge on any atom is -0.495 e. The van der Waals surface area contributed by atoms with Crippen molar-refractivity contribution in [2.45, 2.75) is 4.90 Å². The highest BCUT2D eigenvalue weighted by atomic mass is 32.2. The highest BCUT2D eigenvalue weighted by Gasteiger charge is 2.22. The number of anilines is 2. The van der Waals surface area contributed by atoms with Gasteiger partial charge in [0.15, 0.2) is 0 Å². The van der Waals surface area contributed by atoms with Crippen LogP contribution in [0, 0.1) is 11.6 Å². The molecule has 0 spiro atoms. The number of aromatic nitrogens is 2. The van der Waals surface area contributed by atoms with E-state index in [9.17, 15) is 22.0 Å². The van der Waals surface area contributed by atoms with Gasteiger partial charge in [0.2, 0.25) is 5.95 Å². The van der Waals surface area contributed by atoms with Crippen molar-refractivity contribution < 1.29 is 21.9 Å². The summed E-state index contributed by atoms with van der Waals surface area (Å²) in [4.78, 5) is 17.0. The topological polar surface area (TPSA) is 116 Å². The van der Waals surface area contributed by atoms with E-state index in [1.54, 1.807) is 48.5 Å². The van der Waals surface area contributed by atoms with Crippen LogP contribution < -0.4 is 20.8 Å². The Morgan fingerprint density at radius 2 is 1.63 bits per heavy atom. The number of nitrogens with zero attached hydrogens (tertiary/aromatic N) is 2. The third-order valence-electron chi connectivity index (χ3n) is 5.87. The van der Waals surface area contributed by atoms with E-state index < -0.39 is 26.6 Å². The quantitative estimate of drug-likeness (QED) is 0.326. The molecule has 1 aromatic heterocycles. The number of sulfonamides is 1. The molecular weight excluding hydrogens is 514 g/mol. The summed E-state index contributed by atoms with van der Waals surface area (Å²) in [6.45, 7) is 0. The lowest BCUT2D eigenvalue weighted by Crippen LogP contribution is -2.23. The van der Waals surface area contributed by atoms with Crippen LogP contribution in [0.2, 0.25) is 0 Å². The molecule has 0 atom stereocenters. The predicted molar refractivity (Wildman–Crippen MR) is 141 cm³/mol. The second kappa shape index (κ2) is 9.60. The van der Waals surface area contributed by atoms with Crippen LogP contribution in [0.3, 0.4) is 0 Å². The van der Waals surface area contributed by atoms with Crippen LogP contribution in [-0.4, -0.2) is 25.1 Å². The molecule has 0 fully saturated rings. The van der Waals surface area contributed by atoms with Crippen molar-refractivity contribution in [1.29, 1.82) is 0 Å². The van der Waals surface area contributed by atoms with Gasteiger partial charge in [0, 0.05) is 6.07 Å². The Balaban J connectivity index is 1.59. The van der Waals surface area contributed by atoms with E-state index >= 15 is 0 Å². The molecule has 0 radical (unpaired) electrons. The fourth-order valence-electron chi connectivity index (χ4n) is 4.07.